The predicted molar refractivity (Wildman–Crippen MR) is 92.6 cm³/mol. The third kappa shape index (κ3) is 3.27. The second-order valence-electron chi connectivity index (χ2n) is 4.58. The number of thioether (sulfide) groups is 1. The minimum atomic E-state index is -0.484. The zero-order valence-electron chi connectivity index (χ0n) is 11.5. The molecule has 1 aromatic heterocycles. The van der Waals surface area contributed by atoms with Crippen LogP contribution in [-0.4, -0.2) is 21.6 Å². The second kappa shape index (κ2) is 6.85. The van der Waals surface area contributed by atoms with Gasteiger partial charge >= 0.3 is 5.69 Å². The van der Waals surface area contributed by atoms with Gasteiger partial charge in [-0.05, 0) is 19.2 Å². The molecule has 0 aliphatic carbocycles. The Balaban J connectivity index is 2.74. The maximum atomic E-state index is 12.7. The minimum absolute atomic E-state index is 0.0597. The van der Waals surface area contributed by atoms with Crippen molar-refractivity contribution < 1.29 is 0 Å². The number of hydrogen-bond acceptors (Lipinski definition) is 3. The first kappa shape index (κ1) is 16.4. The third-order valence-electron chi connectivity index (χ3n) is 3.08. The number of nitrogens with one attached hydrogen (secondary N) is 1. The van der Waals surface area contributed by atoms with Gasteiger partial charge in [0.05, 0.1) is 5.56 Å². The van der Waals surface area contributed by atoms with E-state index < -0.39 is 5.69 Å². The fourth-order valence-electron chi connectivity index (χ4n) is 2.14. The standard InChI is InChI=1S/C14H14BrClN2O2S/c1-8(7-21-2)18-13(19)11(12(16)17-14(18)20)9-5-3-4-6-10(9)15/h3-6,8H,7H2,1-2H3,(H,17,20). The van der Waals surface area contributed by atoms with Gasteiger partial charge in [-0.2, -0.15) is 11.8 Å². The molecule has 0 aliphatic rings. The SMILES string of the molecule is CSCC(C)n1c(=O)[nH]c(Cl)c(-c2ccccc2Br)c1=O. The molecule has 0 spiro atoms. The average Bonchev–Trinajstić information content (AvgIpc) is 2.40. The Morgan fingerprint density at radius 3 is 2.67 bits per heavy atom. The third-order valence-corrected chi connectivity index (χ3v) is 4.87. The van der Waals surface area contributed by atoms with E-state index in [-0.39, 0.29) is 16.8 Å². The van der Waals surface area contributed by atoms with Gasteiger partial charge in [0, 0.05) is 21.8 Å². The molecular weight excluding hydrogens is 376 g/mol. The summed E-state index contributed by atoms with van der Waals surface area (Å²) in [4.78, 5) is 27.3. The molecule has 112 valence electrons. The summed E-state index contributed by atoms with van der Waals surface area (Å²) in [6, 6.07) is 7.06. The van der Waals surface area contributed by atoms with E-state index in [2.05, 4.69) is 20.9 Å². The summed E-state index contributed by atoms with van der Waals surface area (Å²) in [6.45, 7) is 1.84. The molecule has 0 saturated heterocycles. The summed E-state index contributed by atoms with van der Waals surface area (Å²) < 4.78 is 1.97. The Bertz CT molecular complexity index is 772. The molecule has 1 heterocycles. The molecule has 0 aliphatic heterocycles. The van der Waals surface area contributed by atoms with Crippen LogP contribution in [0.3, 0.4) is 0 Å². The van der Waals surface area contributed by atoms with Crippen LogP contribution in [0.15, 0.2) is 38.3 Å². The van der Waals surface area contributed by atoms with Gasteiger partial charge in [0.2, 0.25) is 0 Å². The smallest absolute Gasteiger partial charge is 0.297 e. The monoisotopic (exact) mass is 388 g/mol. The molecule has 7 heteroatoms. The maximum Gasteiger partial charge on any atom is 0.329 e. The number of rotatable bonds is 4. The highest BCUT2D eigenvalue weighted by molar-refractivity contribution is 9.10. The largest absolute Gasteiger partial charge is 0.329 e. The molecule has 0 bridgehead atoms. The van der Waals surface area contributed by atoms with E-state index >= 15 is 0 Å². The summed E-state index contributed by atoms with van der Waals surface area (Å²) in [5.74, 6) is 0.667. The lowest BCUT2D eigenvalue weighted by molar-refractivity contribution is 0.555. The van der Waals surface area contributed by atoms with Crippen molar-refractivity contribution in [2.75, 3.05) is 12.0 Å². The van der Waals surface area contributed by atoms with E-state index in [0.717, 1.165) is 4.47 Å². The Morgan fingerprint density at radius 1 is 1.38 bits per heavy atom. The van der Waals surface area contributed by atoms with Crippen molar-refractivity contribution in [3.05, 3.63) is 54.7 Å². The summed E-state index contributed by atoms with van der Waals surface area (Å²) in [6.07, 6.45) is 1.93. The number of hydrogen-bond donors (Lipinski definition) is 1. The average molecular weight is 390 g/mol. The van der Waals surface area contributed by atoms with Gasteiger partial charge in [0.15, 0.2) is 0 Å². The normalized spacial score (nSPS) is 12.4. The molecule has 0 radical (unpaired) electrons. The van der Waals surface area contributed by atoms with E-state index in [0.29, 0.717) is 16.9 Å². The first-order chi connectivity index (χ1) is 9.97. The van der Waals surface area contributed by atoms with E-state index in [1.165, 1.54) is 4.57 Å². The van der Waals surface area contributed by atoms with Gasteiger partial charge in [-0.25, -0.2) is 4.79 Å². The molecule has 21 heavy (non-hydrogen) atoms. The minimum Gasteiger partial charge on any atom is -0.297 e. The number of aromatic amines is 1. The Hall–Kier alpha value is -0.980. The van der Waals surface area contributed by atoms with Crippen molar-refractivity contribution in [3.8, 4) is 11.1 Å². The van der Waals surface area contributed by atoms with Gasteiger partial charge in [0.1, 0.15) is 5.15 Å². The molecule has 2 aromatic rings. The highest BCUT2D eigenvalue weighted by Crippen LogP contribution is 2.29. The van der Waals surface area contributed by atoms with Crippen LogP contribution in [0, 0.1) is 0 Å². The van der Waals surface area contributed by atoms with Crippen molar-refractivity contribution in [2.24, 2.45) is 0 Å². The van der Waals surface area contributed by atoms with Crippen molar-refractivity contribution in [2.45, 2.75) is 13.0 Å². The zero-order chi connectivity index (χ0) is 15.6. The van der Waals surface area contributed by atoms with Crippen molar-refractivity contribution in [3.63, 3.8) is 0 Å². The van der Waals surface area contributed by atoms with Crippen LogP contribution in [0.5, 0.6) is 0 Å². The van der Waals surface area contributed by atoms with Crippen molar-refractivity contribution in [1.82, 2.24) is 9.55 Å². The molecule has 4 nitrogen and oxygen atoms in total. The van der Waals surface area contributed by atoms with Crippen LogP contribution < -0.4 is 11.2 Å². The molecule has 0 saturated carbocycles. The quantitative estimate of drug-likeness (QED) is 0.814. The number of benzene rings is 1. The molecule has 2 rings (SSSR count). The number of nitrogens with zero attached hydrogens (tertiary/aromatic N) is 1. The fraction of sp³-hybridized carbons (Fsp3) is 0.286. The van der Waals surface area contributed by atoms with Crippen LogP contribution in [0.25, 0.3) is 11.1 Å². The second-order valence-corrected chi connectivity index (χ2v) is 6.72. The summed E-state index contributed by atoms with van der Waals surface area (Å²) in [5.41, 5.74) is 0.102. The number of aromatic nitrogens is 2. The van der Waals surface area contributed by atoms with Gasteiger partial charge < -0.3 is 0 Å². The maximum absolute atomic E-state index is 12.7. The Labute approximate surface area is 139 Å². The lowest BCUT2D eigenvalue weighted by Crippen LogP contribution is -2.39. The summed E-state index contributed by atoms with van der Waals surface area (Å²) in [7, 11) is 0. The summed E-state index contributed by atoms with van der Waals surface area (Å²) >= 11 is 11.1. The van der Waals surface area contributed by atoms with Crippen LogP contribution in [0.2, 0.25) is 5.15 Å². The van der Waals surface area contributed by atoms with E-state index in [1.54, 1.807) is 17.8 Å². The van der Waals surface area contributed by atoms with Gasteiger partial charge in [-0.15, -0.1) is 0 Å². The lowest BCUT2D eigenvalue weighted by Gasteiger charge is -2.15. The van der Waals surface area contributed by atoms with Crippen molar-refractivity contribution >= 4 is 39.3 Å². The highest BCUT2D eigenvalue weighted by Gasteiger charge is 2.19. The molecule has 1 atom stereocenters. The number of H-pyrrole nitrogens is 1. The van der Waals surface area contributed by atoms with Crippen LogP contribution in [0.1, 0.15) is 13.0 Å². The fourth-order valence-corrected chi connectivity index (χ4v) is 3.51. The zero-order valence-corrected chi connectivity index (χ0v) is 14.7. The lowest BCUT2D eigenvalue weighted by atomic mass is 10.1. The molecule has 0 amide bonds. The molecule has 0 fully saturated rings. The molecule has 1 N–H and O–H groups in total. The van der Waals surface area contributed by atoms with Crippen molar-refractivity contribution in [1.29, 1.82) is 0 Å². The highest BCUT2D eigenvalue weighted by atomic mass is 79.9. The van der Waals surface area contributed by atoms with Gasteiger partial charge in [0.25, 0.3) is 5.56 Å². The van der Waals surface area contributed by atoms with Crippen LogP contribution >= 0.6 is 39.3 Å². The van der Waals surface area contributed by atoms with Crippen LogP contribution in [-0.2, 0) is 0 Å². The predicted octanol–water partition coefficient (Wildman–Crippen LogP) is 3.54. The molecular formula is C14H14BrClN2O2S. The van der Waals surface area contributed by atoms with E-state index in [1.807, 2.05) is 31.4 Å². The first-order valence-corrected chi connectivity index (χ1v) is 8.82. The molecule has 1 unspecified atom stereocenters. The Kier molecular flexibility index (Phi) is 5.35. The van der Waals surface area contributed by atoms with E-state index in [4.69, 9.17) is 11.6 Å². The first-order valence-electron chi connectivity index (χ1n) is 6.25. The van der Waals surface area contributed by atoms with Crippen LogP contribution in [0.4, 0.5) is 0 Å². The summed E-state index contributed by atoms with van der Waals surface area (Å²) in [5, 5.41) is 0.0597. The number of halogens is 2. The van der Waals surface area contributed by atoms with E-state index in [9.17, 15) is 9.59 Å². The van der Waals surface area contributed by atoms with Gasteiger partial charge in [-0.3, -0.25) is 14.3 Å². The Morgan fingerprint density at radius 2 is 2.05 bits per heavy atom. The van der Waals surface area contributed by atoms with Gasteiger partial charge in [-0.1, -0.05) is 45.7 Å². The topological polar surface area (TPSA) is 54.9 Å². The molecule has 1 aromatic carbocycles.